The number of aromatic carboxylic acids is 1. The molecule has 0 saturated heterocycles. The zero-order valence-corrected chi connectivity index (χ0v) is 21.7. The Hall–Kier alpha value is -5.26. The van der Waals surface area contributed by atoms with Crippen molar-refractivity contribution < 1.29 is 41.3 Å². The number of rotatable bonds is 8. The Balaban J connectivity index is 1.44. The van der Waals surface area contributed by atoms with Crippen molar-refractivity contribution in [2.75, 3.05) is 7.11 Å². The molecular weight excluding hydrogens is 561 g/mol. The Morgan fingerprint density at radius 3 is 2.36 bits per heavy atom. The summed E-state index contributed by atoms with van der Waals surface area (Å²) in [6.45, 7) is -0.244. The topological polar surface area (TPSA) is 86.5 Å². The fourth-order valence-corrected chi connectivity index (χ4v) is 4.25. The maximum absolute atomic E-state index is 15.0. The van der Waals surface area contributed by atoms with Crippen molar-refractivity contribution in [2.45, 2.75) is 12.8 Å². The fraction of sp³-hybridized carbons (Fsp3) is 0.100. The second-order valence-electron chi connectivity index (χ2n) is 8.97. The number of methoxy groups -OCH3 is 1. The Kier molecular flexibility index (Phi) is 7.62. The molecule has 1 N–H and O–H groups in total. The normalized spacial score (nSPS) is 11.4. The summed E-state index contributed by atoms with van der Waals surface area (Å²) >= 11 is 0. The van der Waals surface area contributed by atoms with E-state index in [1.165, 1.54) is 30.3 Å². The van der Waals surface area contributed by atoms with Crippen LogP contribution in [0.2, 0.25) is 0 Å². The van der Waals surface area contributed by atoms with Crippen molar-refractivity contribution >= 4 is 5.97 Å². The van der Waals surface area contributed by atoms with Crippen molar-refractivity contribution in [3.63, 3.8) is 0 Å². The van der Waals surface area contributed by atoms with Crippen molar-refractivity contribution in [3.8, 4) is 39.7 Å². The fourth-order valence-electron chi connectivity index (χ4n) is 4.25. The summed E-state index contributed by atoms with van der Waals surface area (Å²) in [5.74, 6) is -2.64. The van der Waals surface area contributed by atoms with Gasteiger partial charge in [-0.3, -0.25) is 0 Å². The van der Waals surface area contributed by atoms with Gasteiger partial charge >= 0.3 is 12.1 Å². The third-order valence-corrected chi connectivity index (χ3v) is 6.30. The van der Waals surface area contributed by atoms with E-state index >= 15 is 0 Å². The number of carboxylic acids is 1. The molecule has 0 unspecified atom stereocenters. The van der Waals surface area contributed by atoms with E-state index < -0.39 is 35.0 Å². The minimum absolute atomic E-state index is 0.0119. The summed E-state index contributed by atoms with van der Waals surface area (Å²) in [7, 11) is 1.54. The number of aromatic nitrogens is 3. The van der Waals surface area contributed by atoms with Crippen LogP contribution < -0.4 is 9.47 Å². The highest BCUT2D eigenvalue weighted by molar-refractivity contribution is 5.89. The average molecular weight is 581 g/mol. The first-order valence-corrected chi connectivity index (χ1v) is 12.3. The van der Waals surface area contributed by atoms with Crippen LogP contribution in [-0.2, 0) is 12.8 Å². The third kappa shape index (κ3) is 5.78. The molecule has 0 atom stereocenters. The molecule has 2 heterocycles. The van der Waals surface area contributed by atoms with Crippen molar-refractivity contribution in [1.29, 1.82) is 0 Å². The number of alkyl halides is 3. The summed E-state index contributed by atoms with van der Waals surface area (Å²) in [4.78, 5) is 15.5. The molecule has 7 nitrogen and oxygen atoms in total. The van der Waals surface area contributed by atoms with Gasteiger partial charge in [0.15, 0.2) is 11.5 Å². The van der Waals surface area contributed by atoms with Gasteiger partial charge in [0.2, 0.25) is 0 Å². The lowest BCUT2D eigenvalue weighted by molar-refractivity contribution is -0.143. The third-order valence-electron chi connectivity index (χ3n) is 6.30. The molecule has 12 heteroatoms. The van der Waals surface area contributed by atoms with Crippen molar-refractivity contribution in [2.24, 2.45) is 0 Å². The van der Waals surface area contributed by atoms with Crippen LogP contribution in [-0.4, -0.2) is 33.0 Å². The minimum atomic E-state index is -5.05. The number of carboxylic acid groups (broad SMARTS) is 1. The van der Waals surface area contributed by atoms with E-state index in [4.69, 9.17) is 9.47 Å². The summed E-state index contributed by atoms with van der Waals surface area (Å²) in [5.41, 5.74) is -0.880. The SMILES string of the molecule is COc1ccc(-c2ccc(COc3ccc(F)cc3-c3cccc(-n4ncc(C(=O)O)c4C(F)(F)F)n3)c(F)c2)cc1. The molecule has 42 heavy (non-hydrogen) atoms. The van der Waals surface area contributed by atoms with Crippen LogP contribution in [0.1, 0.15) is 21.6 Å². The van der Waals surface area contributed by atoms with Gasteiger partial charge in [-0.25, -0.2) is 23.2 Å². The summed E-state index contributed by atoms with van der Waals surface area (Å²) < 4.78 is 81.7. The molecular formula is C30H20F5N3O4. The minimum Gasteiger partial charge on any atom is -0.497 e. The van der Waals surface area contributed by atoms with E-state index in [2.05, 4.69) is 10.1 Å². The molecule has 0 radical (unpaired) electrons. The molecule has 0 saturated carbocycles. The highest BCUT2D eigenvalue weighted by atomic mass is 19.4. The second kappa shape index (κ2) is 11.3. The molecule has 0 aliphatic heterocycles. The highest BCUT2D eigenvalue weighted by Crippen LogP contribution is 2.35. The van der Waals surface area contributed by atoms with Gasteiger partial charge in [0, 0.05) is 11.1 Å². The second-order valence-corrected chi connectivity index (χ2v) is 8.97. The van der Waals surface area contributed by atoms with Crippen LogP contribution in [0.3, 0.4) is 0 Å². The van der Waals surface area contributed by atoms with Crippen LogP contribution in [0.25, 0.3) is 28.2 Å². The largest absolute Gasteiger partial charge is 0.497 e. The Morgan fingerprint density at radius 1 is 0.952 bits per heavy atom. The lowest BCUT2D eigenvalue weighted by Gasteiger charge is -2.14. The zero-order chi connectivity index (χ0) is 30.0. The maximum atomic E-state index is 15.0. The van der Waals surface area contributed by atoms with Gasteiger partial charge in [-0.1, -0.05) is 30.3 Å². The zero-order valence-electron chi connectivity index (χ0n) is 21.7. The molecule has 0 spiro atoms. The Labute approximate surface area is 235 Å². The van der Waals surface area contributed by atoms with E-state index in [9.17, 15) is 31.9 Å². The number of hydrogen-bond acceptors (Lipinski definition) is 5. The number of halogens is 5. The van der Waals surface area contributed by atoms with E-state index in [1.807, 2.05) is 0 Å². The lowest BCUT2D eigenvalue weighted by Crippen LogP contribution is -2.18. The summed E-state index contributed by atoms with van der Waals surface area (Å²) in [6.07, 6.45) is -4.48. The van der Waals surface area contributed by atoms with Gasteiger partial charge < -0.3 is 14.6 Å². The van der Waals surface area contributed by atoms with Crippen LogP contribution in [0, 0.1) is 11.6 Å². The molecule has 0 aliphatic rings. The number of benzene rings is 3. The van der Waals surface area contributed by atoms with Gasteiger partial charge in [0.05, 0.1) is 19.0 Å². The number of carbonyl (C=O) groups is 1. The van der Waals surface area contributed by atoms with E-state index in [0.717, 1.165) is 17.7 Å². The molecule has 2 aromatic heterocycles. The number of nitrogens with zero attached hydrogens (tertiary/aromatic N) is 3. The standard InChI is InChI=1S/C30H20F5N3O4/c1-41-21-10-7-17(8-11-21)18-5-6-19(24(32)13-18)16-42-26-12-9-20(31)14-22(26)25-3-2-4-27(37-25)38-28(30(33,34)35)23(15-36-38)29(39)40/h2-15H,16H2,1H3,(H,39,40). The molecule has 5 aromatic rings. The quantitative estimate of drug-likeness (QED) is 0.195. The van der Waals surface area contributed by atoms with Gasteiger partial charge in [-0.2, -0.15) is 18.3 Å². The summed E-state index contributed by atoms with van der Waals surface area (Å²) in [6, 6.07) is 19.1. The monoisotopic (exact) mass is 581 g/mol. The molecule has 0 amide bonds. The van der Waals surface area contributed by atoms with Crippen LogP contribution in [0.4, 0.5) is 22.0 Å². The average Bonchev–Trinajstić information content (AvgIpc) is 3.44. The van der Waals surface area contributed by atoms with Crippen molar-refractivity contribution in [1.82, 2.24) is 14.8 Å². The van der Waals surface area contributed by atoms with Crippen LogP contribution in [0.15, 0.2) is 85.1 Å². The van der Waals surface area contributed by atoms with Crippen LogP contribution >= 0.6 is 0 Å². The molecule has 0 aliphatic carbocycles. The maximum Gasteiger partial charge on any atom is 0.434 e. The number of ether oxygens (including phenoxy) is 2. The van der Waals surface area contributed by atoms with Crippen LogP contribution in [0.5, 0.6) is 11.5 Å². The smallest absolute Gasteiger partial charge is 0.434 e. The Bertz CT molecular complexity index is 1770. The van der Waals surface area contributed by atoms with E-state index in [-0.39, 0.29) is 35.0 Å². The molecule has 0 bridgehead atoms. The molecule has 0 fully saturated rings. The first kappa shape index (κ1) is 28.3. The molecule has 3 aromatic carbocycles. The first-order valence-electron chi connectivity index (χ1n) is 12.3. The van der Waals surface area contributed by atoms with Gasteiger partial charge in [-0.15, -0.1) is 0 Å². The Morgan fingerprint density at radius 2 is 1.69 bits per heavy atom. The van der Waals surface area contributed by atoms with Gasteiger partial charge in [-0.05, 0) is 59.7 Å². The predicted octanol–water partition coefficient (Wildman–Crippen LogP) is 7.18. The van der Waals surface area contributed by atoms with Crippen molar-refractivity contribution in [3.05, 3.63) is 114 Å². The number of hydrogen-bond donors (Lipinski definition) is 1. The molecule has 214 valence electrons. The summed E-state index contributed by atoms with van der Waals surface area (Å²) in [5, 5.41) is 12.8. The van der Waals surface area contributed by atoms with Gasteiger partial charge in [0.1, 0.15) is 35.3 Å². The predicted molar refractivity (Wildman–Crippen MR) is 141 cm³/mol. The first-order chi connectivity index (χ1) is 20.0. The van der Waals surface area contributed by atoms with E-state index in [1.54, 1.807) is 43.5 Å². The lowest BCUT2D eigenvalue weighted by atomic mass is 10.0. The van der Waals surface area contributed by atoms with E-state index in [0.29, 0.717) is 22.2 Å². The van der Waals surface area contributed by atoms with Gasteiger partial charge in [0.25, 0.3) is 0 Å². The highest BCUT2D eigenvalue weighted by Gasteiger charge is 2.41. The molecule has 5 rings (SSSR count). The number of pyridine rings is 1.